The van der Waals surface area contributed by atoms with E-state index in [1.165, 1.54) is 12.0 Å². The molecule has 0 aromatic heterocycles. The number of thiocarbonyl (C=S) groups is 1. The lowest BCUT2D eigenvalue weighted by molar-refractivity contribution is 0.307. The Morgan fingerprint density at radius 2 is 2.17 bits per heavy atom. The highest BCUT2D eigenvalue weighted by Gasteiger charge is 2.25. The maximum absolute atomic E-state index is 5.77. The molecule has 3 nitrogen and oxygen atoms in total. The minimum atomic E-state index is 0.304. The summed E-state index contributed by atoms with van der Waals surface area (Å²) in [5.41, 5.74) is 7.09. The van der Waals surface area contributed by atoms with Crippen molar-refractivity contribution in [2.75, 3.05) is 20.2 Å². The van der Waals surface area contributed by atoms with Crippen molar-refractivity contribution in [3.8, 4) is 5.75 Å². The summed E-state index contributed by atoms with van der Waals surface area (Å²) in [6, 6.07) is 8.54. The maximum atomic E-state index is 5.77. The van der Waals surface area contributed by atoms with E-state index < -0.39 is 0 Å². The third-order valence-electron chi connectivity index (χ3n) is 3.54. The van der Waals surface area contributed by atoms with Crippen molar-refractivity contribution in [3.05, 3.63) is 29.8 Å². The van der Waals surface area contributed by atoms with Crippen LogP contribution in [-0.2, 0) is 6.42 Å². The van der Waals surface area contributed by atoms with Gasteiger partial charge in [-0.1, -0.05) is 24.4 Å². The maximum Gasteiger partial charge on any atom is 0.118 e. The number of nitrogens with zero attached hydrogens (tertiary/aromatic N) is 1. The normalized spacial score (nSPS) is 19.9. The van der Waals surface area contributed by atoms with Crippen molar-refractivity contribution in [1.29, 1.82) is 0 Å². The van der Waals surface area contributed by atoms with Crippen LogP contribution in [0.25, 0.3) is 0 Å². The van der Waals surface area contributed by atoms with Crippen LogP contribution in [0.15, 0.2) is 24.3 Å². The van der Waals surface area contributed by atoms with Gasteiger partial charge in [-0.15, -0.1) is 0 Å². The molecular formula is C14H20N2OS. The highest BCUT2D eigenvalue weighted by Crippen LogP contribution is 2.18. The highest BCUT2D eigenvalue weighted by molar-refractivity contribution is 7.80. The zero-order chi connectivity index (χ0) is 13.0. The predicted octanol–water partition coefficient (Wildman–Crippen LogP) is 1.99. The summed E-state index contributed by atoms with van der Waals surface area (Å²) in [7, 11) is 1.69. The van der Waals surface area contributed by atoms with Crippen LogP contribution in [0.1, 0.15) is 18.4 Å². The van der Waals surface area contributed by atoms with Gasteiger partial charge in [0.15, 0.2) is 0 Å². The summed E-state index contributed by atoms with van der Waals surface area (Å²) in [5.74, 6) is 0.904. The number of hydrogen-bond acceptors (Lipinski definition) is 3. The van der Waals surface area contributed by atoms with E-state index in [-0.39, 0.29) is 0 Å². The third kappa shape index (κ3) is 3.21. The van der Waals surface area contributed by atoms with Gasteiger partial charge in [0, 0.05) is 6.54 Å². The lowest BCUT2D eigenvalue weighted by atomic mass is 10.1. The molecule has 98 valence electrons. The van der Waals surface area contributed by atoms with E-state index in [1.807, 2.05) is 12.1 Å². The van der Waals surface area contributed by atoms with Gasteiger partial charge in [0.1, 0.15) is 5.75 Å². The molecule has 1 aromatic carbocycles. The molecule has 0 spiro atoms. The SMILES string of the molecule is COc1ccc(CCN2CCCC2C(N)=S)cc1. The second kappa shape index (κ2) is 6.16. The lowest BCUT2D eigenvalue weighted by Gasteiger charge is -2.23. The first-order valence-corrected chi connectivity index (χ1v) is 6.78. The molecule has 1 heterocycles. The molecule has 0 amide bonds. The predicted molar refractivity (Wildman–Crippen MR) is 78.1 cm³/mol. The van der Waals surface area contributed by atoms with Crippen LogP contribution in [0.4, 0.5) is 0 Å². The monoisotopic (exact) mass is 264 g/mol. The van der Waals surface area contributed by atoms with E-state index in [2.05, 4.69) is 17.0 Å². The Balaban J connectivity index is 1.88. The molecule has 1 atom stereocenters. The van der Waals surface area contributed by atoms with Crippen molar-refractivity contribution in [2.24, 2.45) is 5.73 Å². The molecule has 1 saturated heterocycles. The lowest BCUT2D eigenvalue weighted by Crippen LogP contribution is -2.40. The Morgan fingerprint density at radius 1 is 1.44 bits per heavy atom. The minimum Gasteiger partial charge on any atom is -0.497 e. The zero-order valence-electron chi connectivity index (χ0n) is 10.8. The van der Waals surface area contributed by atoms with Gasteiger partial charge in [-0.3, -0.25) is 4.90 Å². The molecule has 1 fully saturated rings. The summed E-state index contributed by atoms with van der Waals surface area (Å²) in [5, 5.41) is 0. The number of benzene rings is 1. The largest absolute Gasteiger partial charge is 0.497 e. The van der Waals surface area contributed by atoms with Crippen molar-refractivity contribution in [3.63, 3.8) is 0 Å². The van der Waals surface area contributed by atoms with Crippen LogP contribution in [-0.4, -0.2) is 36.1 Å². The van der Waals surface area contributed by atoms with Crippen LogP contribution in [0.5, 0.6) is 5.75 Å². The van der Waals surface area contributed by atoms with E-state index >= 15 is 0 Å². The summed E-state index contributed by atoms with van der Waals surface area (Å²) in [6.45, 7) is 2.13. The van der Waals surface area contributed by atoms with E-state index in [9.17, 15) is 0 Å². The molecule has 1 unspecified atom stereocenters. The van der Waals surface area contributed by atoms with Crippen LogP contribution in [0, 0.1) is 0 Å². The van der Waals surface area contributed by atoms with Gasteiger partial charge < -0.3 is 10.5 Å². The minimum absolute atomic E-state index is 0.304. The molecule has 2 rings (SSSR count). The van der Waals surface area contributed by atoms with Crippen LogP contribution >= 0.6 is 12.2 Å². The average molecular weight is 264 g/mol. The second-order valence-electron chi connectivity index (χ2n) is 4.69. The first kappa shape index (κ1) is 13.3. The molecular weight excluding hydrogens is 244 g/mol. The molecule has 18 heavy (non-hydrogen) atoms. The fourth-order valence-corrected chi connectivity index (χ4v) is 2.75. The Kier molecular flexibility index (Phi) is 4.55. The Hall–Kier alpha value is -1.13. The highest BCUT2D eigenvalue weighted by atomic mass is 32.1. The summed E-state index contributed by atoms with van der Waals surface area (Å²) in [4.78, 5) is 3.04. The van der Waals surface area contributed by atoms with Crippen molar-refractivity contribution in [1.82, 2.24) is 4.90 Å². The number of ether oxygens (including phenoxy) is 1. The number of nitrogens with two attached hydrogens (primary N) is 1. The third-order valence-corrected chi connectivity index (χ3v) is 3.81. The van der Waals surface area contributed by atoms with Crippen LogP contribution < -0.4 is 10.5 Å². The second-order valence-corrected chi connectivity index (χ2v) is 5.17. The Labute approximate surface area is 114 Å². The summed E-state index contributed by atoms with van der Waals surface area (Å²) in [6.07, 6.45) is 3.34. The molecule has 2 N–H and O–H groups in total. The molecule has 0 radical (unpaired) electrons. The molecule has 4 heteroatoms. The zero-order valence-corrected chi connectivity index (χ0v) is 11.6. The first-order valence-electron chi connectivity index (χ1n) is 6.37. The molecule has 0 aliphatic carbocycles. The Bertz CT molecular complexity index is 405. The van der Waals surface area contributed by atoms with Gasteiger partial charge in [-0.2, -0.15) is 0 Å². The van der Waals surface area contributed by atoms with E-state index in [0.717, 1.165) is 31.7 Å². The van der Waals surface area contributed by atoms with Crippen molar-refractivity contribution < 1.29 is 4.74 Å². The fraction of sp³-hybridized carbons (Fsp3) is 0.500. The standard InChI is InChI=1S/C14H20N2OS/c1-17-12-6-4-11(5-7-12)8-10-16-9-2-3-13(16)14(15)18/h4-7,13H,2-3,8-10H2,1H3,(H2,15,18). The van der Waals surface area contributed by atoms with E-state index in [1.54, 1.807) is 7.11 Å². The number of methoxy groups -OCH3 is 1. The first-order chi connectivity index (χ1) is 8.70. The molecule has 1 aliphatic rings. The quantitative estimate of drug-likeness (QED) is 0.826. The number of likely N-dealkylation sites (tertiary alicyclic amines) is 1. The topological polar surface area (TPSA) is 38.5 Å². The molecule has 1 aliphatic heterocycles. The number of hydrogen-bond donors (Lipinski definition) is 1. The van der Waals surface area contributed by atoms with Gasteiger partial charge in [0.25, 0.3) is 0 Å². The van der Waals surface area contributed by atoms with Gasteiger partial charge in [0.2, 0.25) is 0 Å². The van der Waals surface area contributed by atoms with Crippen LogP contribution in [0.3, 0.4) is 0 Å². The van der Waals surface area contributed by atoms with Crippen molar-refractivity contribution >= 4 is 17.2 Å². The van der Waals surface area contributed by atoms with Gasteiger partial charge in [-0.25, -0.2) is 0 Å². The summed E-state index contributed by atoms with van der Waals surface area (Å²) >= 11 is 5.12. The van der Waals surface area contributed by atoms with Gasteiger partial charge in [0.05, 0.1) is 18.1 Å². The molecule has 0 bridgehead atoms. The van der Waals surface area contributed by atoms with E-state index in [0.29, 0.717) is 11.0 Å². The average Bonchev–Trinajstić information content (AvgIpc) is 2.85. The van der Waals surface area contributed by atoms with Crippen LogP contribution in [0.2, 0.25) is 0 Å². The Morgan fingerprint density at radius 3 is 2.78 bits per heavy atom. The van der Waals surface area contributed by atoms with Crippen molar-refractivity contribution in [2.45, 2.75) is 25.3 Å². The van der Waals surface area contributed by atoms with E-state index in [4.69, 9.17) is 22.7 Å². The molecule has 0 saturated carbocycles. The smallest absolute Gasteiger partial charge is 0.118 e. The van der Waals surface area contributed by atoms with Gasteiger partial charge in [-0.05, 0) is 43.5 Å². The molecule has 1 aromatic rings. The summed E-state index contributed by atoms with van der Waals surface area (Å²) < 4.78 is 5.15. The number of rotatable bonds is 5. The van der Waals surface area contributed by atoms with Gasteiger partial charge >= 0.3 is 0 Å². The fourth-order valence-electron chi connectivity index (χ4n) is 2.48.